The molecule has 3 N–H and O–H groups in total. The van der Waals surface area contributed by atoms with Crippen molar-refractivity contribution in [3.8, 4) is 0 Å². The fourth-order valence-corrected chi connectivity index (χ4v) is 2.16. The van der Waals surface area contributed by atoms with Gasteiger partial charge in [0.1, 0.15) is 0 Å². The molecule has 2 fully saturated rings. The molecule has 0 aromatic rings. The first-order valence-electron chi connectivity index (χ1n) is 3.31. The topological polar surface area (TPSA) is 78.4 Å². The summed E-state index contributed by atoms with van der Waals surface area (Å²) in [4.78, 5) is 18.8. The van der Waals surface area contributed by atoms with Gasteiger partial charge in [0.15, 0.2) is 0 Å². The van der Waals surface area contributed by atoms with Crippen LogP contribution in [-0.4, -0.2) is 35.4 Å². The number of urea groups is 1. The Hall–Kier alpha value is 0.194. The van der Waals surface area contributed by atoms with Gasteiger partial charge in [0.2, 0.25) is 0 Å². The van der Waals surface area contributed by atoms with Crippen LogP contribution >= 0.6 is 11.8 Å². The van der Waals surface area contributed by atoms with Gasteiger partial charge in [-0.3, -0.25) is 0 Å². The van der Waals surface area contributed by atoms with Crippen LogP contribution in [0, 0.1) is 5.75 Å². The van der Waals surface area contributed by atoms with E-state index in [1.54, 1.807) is 11.8 Å². The van der Waals surface area contributed by atoms with Crippen molar-refractivity contribution in [1.29, 1.82) is 0 Å². The van der Waals surface area contributed by atoms with Crippen LogP contribution in [0.15, 0.2) is 0 Å². The number of carbonyl (C=O) groups is 1. The second-order valence-electron chi connectivity index (χ2n) is 2.31. The molecule has 2 rings (SSSR count). The van der Waals surface area contributed by atoms with Gasteiger partial charge in [-0.2, -0.15) is 0 Å². The molecule has 13 heavy (non-hydrogen) atoms. The number of rotatable bonds is 0. The molecule has 2 saturated heterocycles. The van der Waals surface area contributed by atoms with Crippen LogP contribution in [0.4, 0.5) is 4.79 Å². The smallest absolute Gasteiger partial charge is 0.312 e. The maximum atomic E-state index is 10.6. The summed E-state index contributed by atoms with van der Waals surface area (Å²) >= 11 is 1.77. The van der Waals surface area contributed by atoms with Crippen LogP contribution < -0.4 is 10.6 Å². The maximum Gasteiger partial charge on any atom is 0.312 e. The summed E-state index contributed by atoms with van der Waals surface area (Å²) in [6.07, 6.45) is 0. The molecule has 0 saturated carbocycles. The molecular formula is C6H8N2O3SY-2. The third kappa shape index (κ3) is 3.83. The molecule has 1 radical (unpaired) electrons. The molecule has 2 aliphatic heterocycles. The van der Waals surface area contributed by atoms with Gasteiger partial charge >= 0.3 is 6.03 Å². The van der Waals surface area contributed by atoms with E-state index in [1.165, 1.54) is 0 Å². The second-order valence-corrected chi connectivity index (χ2v) is 3.25. The molecule has 0 aromatic heterocycles. The Morgan fingerprint density at radius 2 is 2.23 bits per heavy atom. The van der Waals surface area contributed by atoms with Gasteiger partial charge < -0.3 is 32.3 Å². The van der Waals surface area contributed by atoms with Crippen LogP contribution in [0.2, 0.25) is 0 Å². The SMILES string of the molecule is O=C1NC2[CH-]SCC2N1.O=[C-]O.[Y]. The molecule has 0 bridgehead atoms. The Balaban J connectivity index is 0.000000324. The van der Waals surface area contributed by atoms with E-state index in [0.717, 1.165) is 5.75 Å². The van der Waals surface area contributed by atoms with Gasteiger partial charge in [-0.05, 0) is 5.75 Å². The first-order valence-corrected chi connectivity index (χ1v) is 4.36. The molecule has 0 aliphatic carbocycles. The van der Waals surface area contributed by atoms with E-state index in [-0.39, 0.29) is 44.8 Å². The molecule has 5 nitrogen and oxygen atoms in total. The van der Waals surface area contributed by atoms with Gasteiger partial charge in [-0.25, -0.2) is 10.5 Å². The van der Waals surface area contributed by atoms with E-state index in [0.29, 0.717) is 12.5 Å². The molecule has 2 amide bonds. The Bertz CT molecular complexity index is 179. The number of thioether (sulfide) groups is 1. The first-order chi connectivity index (χ1) is 5.77. The van der Waals surface area contributed by atoms with E-state index in [1.807, 2.05) is 0 Å². The van der Waals surface area contributed by atoms with E-state index in [2.05, 4.69) is 16.4 Å². The minimum atomic E-state index is -0.0263. The van der Waals surface area contributed by atoms with E-state index < -0.39 is 0 Å². The van der Waals surface area contributed by atoms with Crippen LogP contribution in [0.1, 0.15) is 0 Å². The summed E-state index contributed by atoms with van der Waals surface area (Å²) in [5, 5.41) is 12.4. The molecule has 71 valence electrons. The molecule has 2 atom stereocenters. The summed E-state index contributed by atoms with van der Waals surface area (Å²) in [6.45, 7) is 0.500. The molecule has 0 spiro atoms. The quantitative estimate of drug-likeness (QED) is 0.414. The van der Waals surface area contributed by atoms with Gasteiger partial charge in [0.05, 0.1) is 0 Å². The van der Waals surface area contributed by atoms with Gasteiger partial charge in [0.25, 0.3) is 0 Å². The van der Waals surface area contributed by atoms with Gasteiger partial charge in [-0.15, -0.1) is 0 Å². The van der Waals surface area contributed by atoms with Crippen LogP contribution in [0.3, 0.4) is 0 Å². The summed E-state index contributed by atoms with van der Waals surface area (Å²) in [6, 6.07) is 0.603. The Labute approximate surface area is 105 Å². The average molecular weight is 277 g/mol. The van der Waals surface area contributed by atoms with Crippen molar-refractivity contribution in [3.63, 3.8) is 0 Å². The predicted octanol–water partition coefficient (Wildman–Crippen LogP) is -0.446. The molecule has 7 heteroatoms. The van der Waals surface area contributed by atoms with Crippen LogP contribution in [-0.2, 0) is 37.5 Å². The first kappa shape index (κ1) is 13.2. The minimum Gasteiger partial charge on any atom is -0.665 e. The molecule has 2 aliphatic rings. The Morgan fingerprint density at radius 3 is 2.77 bits per heavy atom. The van der Waals surface area contributed by atoms with Crippen LogP contribution in [0.5, 0.6) is 0 Å². The molecule has 2 unspecified atom stereocenters. The minimum absolute atomic E-state index is 0. The van der Waals surface area contributed by atoms with Gasteiger partial charge in [-0.1, -0.05) is 12.5 Å². The number of fused-ring (bicyclic) bond motifs is 1. The van der Waals surface area contributed by atoms with Crippen molar-refractivity contribution in [2.75, 3.05) is 5.75 Å². The number of carbonyl (C=O) groups excluding carboxylic acids is 1. The van der Waals surface area contributed by atoms with Crippen molar-refractivity contribution in [2.24, 2.45) is 0 Å². The number of aliphatic hydroxyl groups excluding tert-OH is 1. The molecular weight excluding hydrogens is 269 g/mol. The number of amides is 2. The third-order valence-corrected chi connectivity index (χ3v) is 2.60. The van der Waals surface area contributed by atoms with Crippen molar-refractivity contribution in [2.45, 2.75) is 12.1 Å². The fourth-order valence-electron chi connectivity index (χ4n) is 1.09. The average Bonchev–Trinajstić information content (AvgIpc) is 2.47. The normalized spacial score (nSPS) is 28.5. The maximum absolute atomic E-state index is 10.6. The monoisotopic (exact) mass is 277 g/mol. The van der Waals surface area contributed by atoms with Crippen molar-refractivity contribution < 1.29 is 47.4 Å². The summed E-state index contributed by atoms with van der Waals surface area (Å²) in [5.74, 6) is 3.09. The van der Waals surface area contributed by atoms with Crippen molar-refractivity contribution in [3.05, 3.63) is 5.75 Å². The fraction of sp³-hybridized carbons (Fsp3) is 0.500. The zero-order valence-corrected chi connectivity index (χ0v) is 10.3. The zero-order valence-electron chi connectivity index (χ0n) is 6.69. The van der Waals surface area contributed by atoms with Crippen molar-refractivity contribution >= 4 is 24.3 Å². The standard InChI is InChI=1S/C5H7N2OS.CHO2.Y/c8-5-6-3-1-9-2-4(3)7-5;2-1-3;/h1,3-4H,2H2,(H2,6,7,8);(H,2,3);/q2*-1;. The molecule has 0 aromatic carbocycles. The number of hydrogen-bond acceptors (Lipinski definition) is 3. The second kappa shape index (κ2) is 6.62. The van der Waals surface area contributed by atoms with Gasteiger partial charge in [0, 0.05) is 38.8 Å². The third-order valence-electron chi connectivity index (χ3n) is 1.57. The van der Waals surface area contributed by atoms with E-state index in [4.69, 9.17) is 9.90 Å². The van der Waals surface area contributed by atoms with E-state index >= 15 is 0 Å². The summed E-state index contributed by atoms with van der Waals surface area (Å²) < 4.78 is 0. The number of hydrogen-bond donors (Lipinski definition) is 3. The predicted molar refractivity (Wildman–Crippen MR) is 44.3 cm³/mol. The van der Waals surface area contributed by atoms with E-state index in [9.17, 15) is 4.79 Å². The largest absolute Gasteiger partial charge is 0.665 e. The summed E-state index contributed by atoms with van der Waals surface area (Å²) in [7, 11) is 0. The zero-order chi connectivity index (χ0) is 8.97. The summed E-state index contributed by atoms with van der Waals surface area (Å²) in [5.41, 5.74) is 0. The molecule has 2 heterocycles. The Morgan fingerprint density at radius 1 is 1.62 bits per heavy atom. The number of nitrogens with one attached hydrogen (secondary N) is 2. The van der Waals surface area contributed by atoms with Crippen molar-refractivity contribution in [1.82, 2.24) is 10.6 Å². The Kier molecular flexibility index (Phi) is 6.72. The van der Waals surface area contributed by atoms with Crippen LogP contribution in [0.25, 0.3) is 0 Å².